The fourth-order valence-electron chi connectivity index (χ4n) is 4.83. The van der Waals surface area contributed by atoms with Crippen LogP contribution < -0.4 is 14.4 Å². The summed E-state index contributed by atoms with van der Waals surface area (Å²) in [5.41, 5.74) is 1.38. The third kappa shape index (κ3) is 9.11. The SMILES string of the molecule is CC[C@@H](C(=O)NC(C)(C)C)N(Cc1ccc(Cl)cc1)C(=O)CN(c1ccc(Oc2ccccc2)cc1)S(=O)(=O)c1ccc(C)cc1. The molecule has 0 aliphatic carbocycles. The quantitative estimate of drug-likeness (QED) is 0.171. The molecule has 0 radical (unpaired) electrons. The summed E-state index contributed by atoms with van der Waals surface area (Å²) >= 11 is 6.11. The standard InChI is InChI=1S/C36H40ClN3O5S/c1-6-33(35(42)38-36(3,4)5)39(24-27-14-16-28(37)17-15-27)34(41)25-40(46(43,44)32-22-12-26(2)13-23-32)29-18-20-31(21-19-29)45-30-10-8-7-9-11-30/h7-23,33H,6,24-25H2,1-5H3,(H,38,42)/t33-/m0/s1. The average Bonchev–Trinajstić information content (AvgIpc) is 3.01. The second-order valence-corrected chi connectivity index (χ2v) is 14.3. The Kier molecular flexibility index (Phi) is 11.1. The molecule has 0 saturated heterocycles. The molecule has 0 fully saturated rings. The van der Waals surface area contributed by atoms with Gasteiger partial charge in [-0.05, 0) is 100 Å². The second kappa shape index (κ2) is 14.8. The number of hydrogen-bond acceptors (Lipinski definition) is 5. The molecule has 4 rings (SSSR count). The summed E-state index contributed by atoms with van der Waals surface area (Å²) in [7, 11) is -4.20. The normalized spacial score (nSPS) is 12.2. The number of para-hydroxylation sites is 1. The van der Waals surface area contributed by atoms with Gasteiger partial charge in [-0.25, -0.2) is 8.42 Å². The first-order valence-corrected chi connectivity index (χ1v) is 16.9. The van der Waals surface area contributed by atoms with E-state index in [0.29, 0.717) is 22.9 Å². The van der Waals surface area contributed by atoms with E-state index in [-0.39, 0.29) is 23.0 Å². The summed E-state index contributed by atoms with van der Waals surface area (Å²) in [5.74, 6) is 0.272. The first-order valence-electron chi connectivity index (χ1n) is 15.0. The molecule has 4 aromatic rings. The van der Waals surface area contributed by atoms with E-state index in [0.717, 1.165) is 15.4 Å². The van der Waals surface area contributed by atoms with Crippen molar-refractivity contribution in [2.24, 2.45) is 0 Å². The number of halogens is 1. The lowest BCUT2D eigenvalue weighted by atomic mass is 10.1. The van der Waals surface area contributed by atoms with Gasteiger partial charge in [-0.2, -0.15) is 0 Å². The van der Waals surface area contributed by atoms with Gasteiger partial charge in [0.25, 0.3) is 10.0 Å². The number of hydrogen-bond donors (Lipinski definition) is 1. The van der Waals surface area contributed by atoms with Crippen LogP contribution in [0.4, 0.5) is 5.69 Å². The Morgan fingerprint density at radius 2 is 1.43 bits per heavy atom. The van der Waals surface area contributed by atoms with Gasteiger partial charge in [-0.1, -0.05) is 66.6 Å². The Hall–Kier alpha value is -4.34. The molecule has 0 unspecified atom stereocenters. The smallest absolute Gasteiger partial charge is 0.264 e. The van der Waals surface area contributed by atoms with Crippen LogP contribution in [0.1, 0.15) is 45.2 Å². The molecule has 2 amide bonds. The van der Waals surface area contributed by atoms with Crippen molar-refractivity contribution in [3.63, 3.8) is 0 Å². The highest BCUT2D eigenvalue weighted by atomic mass is 35.5. The number of nitrogens with one attached hydrogen (secondary N) is 1. The first-order chi connectivity index (χ1) is 21.8. The van der Waals surface area contributed by atoms with Crippen molar-refractivity contribution >= 4 is 39.1 Å². The van der Waals surface area contributed by atoms with E-state index in [1.807, 2.05) is 65.0 Å². The van der Waals surface area contributed by atoms with E-state index in [1.165, 1.54) is 17.0 Å². The lowest BCUT2D eigenvalue weighted by Crippen LogP contribution is -2.55. The number of nitrogens with zero attached hydrogens (tertiary/aromatic N) is 2. The van der Waals surface area contributed by atoms with E-state index >= 15 is 0 Å². The lowest BCUT2D eigenvalue weighted by molar-refractivity contribution is -0.141. The summed E-state index contributed by atoms with van der Waals surface area (Å²) in [6.45, 7) is 8.82. The van der Waals surface area contributed by atoms with Crippen LogP contribution in [-0.2, 0) is 26.2 Å². The third-order valence-corrected chi connectivity index (χ3v) is 9.18. The summed E-state index contributed by atoms with van der Waals surface area (Å²) in [6.07, 6.45) is 0.317. The van der Waals surface area contributed by atoms with Gasteiger partial charge in [0.15, 0.2) is 0 Å². The summed E-state index contributed by atoms with van der Waals surface area (Å²) in [4.78, 5) is 29.3. The predicted octanol–water partition coefficient (Wildman–Crippen LogP) is 7.36. The number of aryl methyl sites for hydroxylation is 1. The molecule has 0 aliphatic rings. The highest BCUT2D eigenvalue weighted by Gasteiger charge is 2.34. The van der Waals surface area contributed by atoms with E-state index < -0.39 is 34.1 Å². The summed E-state index contributed by atoms with van der Waals surface area (Å²) in [6, 6.07) is 28.3. The molecule has 8 nitrogen and oxygen atoms in total. The first kappa shape index (κ1) is 34.5. The van der Waals surface area contributed by atoms with Gasteiger partial charge in [0.1, 0.15) is 24.1 Å². The molecule has 0 heterocycles. The molecule has 4 aromatic carbocycles. The van der Waals surface area contributed by atoms with E-state index in [1.54, 1.807) is 60.7 Å². The van der Waals surface area contributed by atoms with Gasteiger partial charge < -0.3 is 15.0 Å². The zero-order valence-electron chi connectivity index (χ0n) is 26.7. The van der Waals surface area contributed by atoms with Crippen molar-refractivity contribution < 1.29 is 22.7 Å². The number of amides is 2. The minimum Gasteiger partial charge on any atom is -0.457 e. The minimum absolute atomic E-state index is 0.0391. The van der Waals surface area contributed by atoms with Gasteiger partial charge >= 0.3 is 0 Å². The molecule has 0 saturated carbocycles. The van der Waals surface area contributed by atoms with Crippen LogP contribution in [0.15, 0.2) is 108 Å². The molecule has 0 bridgehead atoms. The maximum Gasteiger partial charge on any atom is 0.264 e. The predicted molar refractivity (Wildman–Crippen MR) is 183 cm³/mol. The maximum atomic E-state index is 14.3. The summed E-state index contributed by atoms with van der Waals surface area (Å²) in [5, 5.41) is 3.51. The molecule has 0 spiro atoms. The van der Waals surface area contributed by atoms with Crippen molar-refractivity contribution in [2.45, 2.75) is 64.1 Å². The van der Waals surface area contributed by atoms with Crippen LogP contribution in [0.25, 0.3) is 0 Å². The highest BCUT2D eigenvalue weighted by Crippen LogP contribution is 2.29. The Bertz CT molecular complexity index is 1720. The molecule has 46 heavy (non-hydrogen) atoms. The number of carbonyl (C=O) groups excluding carboxylic acids is 2. The molecular weight excluding hydrogens is 622 g/mol. The number of anilines is 1. The van der Waals surface area contributed by atoms with Gasteiger partial charge in [0, 0.05) is 17.1 Å². The van der Waals surface area contributed by atoms with Crippen LogP contribution in [0.2, 0.25) is 5.02 Å². The number of ether oxygens (including phenoxy) is 1. The molecule has 242 valence electrons. The molecule has 10 heteroatoms. The van der Waals surface area contributed by atoms with Crippen LogP contribution in [0.3, 0.4) is 0 Å². The van der Waals surface area contributed by atoms with Gasteiger partial charge in [0.05, 0.1) is 10.6 Å². The minimum atomic E-state index is -4.20. The van der Waals surface area contributed by atoms with Gasteiger partial charge in [-0.3, -0.25) is 13.9 Å². The van der Waals surface area contributed by atoms with Crippen LogP contribution >= 0.6 is 11.6 Å². The number of benzene rings is 4. The van der Waals surface area contributed by atoms with Crippen molar-refractivity contribution in [3.8, 4) is 11.5 Å². The van der Waals surface area contributed by atoms with Crippen LogP contribution in [-0.4, -0.2) is 43.3 Å². The van der Waals surface area contributed by atoms with Crippen molar-refractivity contribution in [2.75, 3.05) is 10.8 Å². The molecule has 0 aliphatic heterocycles. The Morgan fingerprint density at radius 1 is 0.848 bits per heavy atom. The fraction of sp³-hybridized carbons (Fsp3) is 0.278. The number of carbonyl (C=O) groups is 2. The number of rotatable bonds is 12. The van der Waals surface area contributed by atoms with E-state index in [4.69, 9.17) is 16.3 Å². The molecular formula is C36H40ClN3O5S. The molecule has 1 N–H and O–H groups in total. The second-order valence-electron chi connectivity index (χ2n) is 12.0. The topological polar surface area (TPSA) is 96.0 Å². The number of sulfonamides is 1. The lowest BCUT2D eigenvalue weighted by Gasteiger charge is -2.34. The van der Waals surface area contributed by atoms with Crippen molar-refractivity contribution in [1.82, 2.24) is 10.2 Å². The van der Waals surface area contributed by atoms with Crippen LogP contribution in [0.5, 0.6) is 11.5 Å². The third-order valence-electron chi connectivity index (χ3n) is 7.14. The zero-order valence-corrected chi connectivity index (χ0v) is 28.3. The monoisotopic (exact) mass is 661 g/mol. The van der Waals surface area contributed by atoms with Crippen molar-refractivity contribution in [3.05, 3.63) is 119 Å². The Morgan fingerprint density at radius 3 is 2.00 bits per heavy atom. The van der Waals surface area contributed by atoms with Gasteiger partial charge in [0.2, 0.25) is 11.8 Å². The molecule has 0 aromatic heterocycles. The van der Waals surface area contributed by atoms with Crippen LogP contribution in [0, 0.1) is 6.92 Å². The Balaban J connectivity index is 1.73. The molecule has 1 atom stereocenters. The zero-order chi connectivity index (χ0) is 33.5. The highest BCUT2D eigenvalue weighted by molar-refractivity contribution is 7.92. The van der Waals surface area contributed by atoms with E-state index in [2.05, 4.69) is 5.32 Å². The summed E-state index contributed by atoms with van der Waals surface area (Å²) < 4.78 is 35.3. The van der Waals surface area contributed by atoms with E-state index in [9.17, 15) is 18.0 Å². The largest absolute Gasteiger partial charge is 0.457 e. The fourth-order valence-corrected chi connectivity index (χ4v) is 6.37. The Labute approximate surface area is 277 Å². The maximum absolute atomic E-state index is 14.3. The van der Waals surface area contributed by atoms with Crippen molar-refractivity contribution in [1.29, 1.82) is 0 Å². The average molecular weight is 662 g/mol. The van der Waals surface area contributed by atoms with Gasteiger partial charge in [-0.15, -0.1) is 0 Å².